The van der Waals surface area contributed by atoms with Gasteiger partial charge in [-0.25, -0.2) is 0 Å². The van der Waals surface area contributed by atoms with E-state index in [1.54, 1.807) is 6.07 Å². The fourth-order valence-electron chi connectivity index (χ4n) is 2.06. The van der Waals surface area contributed by atoms with E-state index in [1.807, 2.05) is 19.1 Å². The third-order valence-electron chi connectivity index (χ3n) is 3.22. The standard InChI is InChI=1S/C14H19ClN2O2/c1-10-2-3-12(15)6-13(10)17-14(18)8-16-7-11-4-5-19-9-11/h2-3,6,11,16H,4-5,7-9H2,1H3,(H,17,18). The predicted molar refractivity (Wildman–Crippen MR) is 76.6 cm³/mol. The van der Waals surface area contributed by atoms with Gasteiger partial charge in [-0.3, -0.25) is 4.79 Å². The molecule has 1 aliphatic heterocycles. The molecule has 104 valence electrons. The van der Waals surface area contributed by atoms with E-state index < -0.39 is 0 Å². The number of carbonyl (C=O) groups is 1. The highest BCUT2D eigenvalue weighted by Crippen LogP contribution is 2.19. The third kappa shape index (κ3) is 4.49. The van der Waals surface area contributed by atoms with Crippen molar-refractivity contribution < 1.29 is 9.53 Å². The first-order valence-electron chi connectivity index (χ1n) is 6.49. The van der Waals surface area contributed by atoms with E-state index >= 15 is 0 Å². The van der Waals surface area contributed by atoms with Gasteiger partial charge in [-0.15, -0.1) is 0 Å². The van der Waals surface area contributed by atoms with Crippen LogP contribution in [0.5, 0.6) is 0 Å². The number of ether oxygens (including phenoxy) is 1. The molecular weight excluding hydrogens is 264 g/mol. The highest BCUT2D eigenvalue weighted by Gasteiger charge is 2.15. The molecule has 1 fully saturated rings. The van der Waals surface area contributed by atoms with Gasteiger partial charge < -0.3 is 15.4 Å². The summed E-state index contributed by atoms with van der Waals surface area (Å²) in [5.74, 6) is 0.477. The lowest BCUT2D eigenvalue weighted by Gasteiger charge is -2.11. The summed E-state index contributed by atoms with van der Waals surface area (Å²) in [5, 5.41) is 6.64. The monoisotopic (exact) mass is 282 g/mol. The van der Waals surface area contributed by atoms with Crippen molar-refractivity contribution in [2.75, 3.05) is 31.6 Å². The van der Waals surface area contributed by atoms with E-state index in [1.165, 1.54) is 0 Å². The molecule has 5 heteroatoms. The van der Waals surface area contributed by atoms with Crippen molar-refractivity contribution in [3.05, 3.63) is 28.8 Å². The molecule has 0 aromatic heterocycles. The average molecular weight is 283 g/mol. The molecule has 0 spiro atoms. The molecule has 0 aliphatic carbocycles. The van der Waals surface area contributed by atoms with Crippen LogP contribution >= 0.6 is 11.6 Å². The van der Waals surface area contributed by atoms with Gasteiger partial charge in [-0.05, 0) is 37.0 Å². The van der Waals surface area contributed by atoms with Crippen LogP contribution in [0.4, 0.5) is 5.69 Å². The SMILES string of the molecule is Cc1ccc(Cl)cc1NC(=O)CNCC1CCOC1. The van der Waals surface area contributed by atoms with Gasteiger partial charge in [0.15, 0.2) is 0 Å². The lowest BCUT2D eigenvalue weighted by molar-refractivity contribution is -0.115. The normalized spacial score (nSPS) is 18.5. The lowest BCUT2D eigenvalue weighted by Crippen LogP contribution is -2.32. The van der Waals surface area contributed by atoms with E-state index in [-0.39, 0.29) is 5.91 Å². The largest absolute Gasteiger partial charge is 0.381 e. The molecule has 2 N–H and O–H groups in total. The van der Waals surface area contributed by atoms with E-state index in [2.05, 4.69) is 10.6 Å². The summed E-state index contributed by atoms with van der Waals surface area (Å²) in [4.78, 5) is 11.8. The lowest BCUT2D eigenvalue weighted by atomic mass is 10.1. The molecule has 1 aromatic carbocycles. The molecule has 1 amide bonds. The molecule has 1 unspecified atom stereocenters. The Kier molecular flexibility index (Phi) is 5.19. The van der Waals surface area contributed by atoms with Crippen LogP contribution in [0.1, 0.15) is 12.0 Å². The maximum Gasteiger partial charge on any atom is 0.238 e. The predicted octanol–water partition coefficient (Wildman–Crippen LogP) is 2.21. The fourth-order valence-corrected chi connectivity index (χ4v) is 2.23. The number of carbonyl (C=O) groups excluding carboxylic acids is 1. The van der Waals surface area contributed by atoms with Crippen molar-refractivity contribution in [3.63, 3.8) is 0 Å². The molecule has 0 radical (unpaired) electrons. The number of aryl methyl sites for hydroxylation is 1. The molecule has 2 rings (SSSR count). The maximum absolute atomic E-state index is 11.8. The summed E-state index contributed by atoms with van der Waals surface area (Å²) in [7, 11) is 0. The quantitative estimate of drug-likeness (QED) is 0.871. The van der Waals surface area contributed by atoms with Crippen molar-refractivity contribution in [2.45, 2.75) is 13.3 Å². The number of benzene rings is 1. The van der Waals surface area contributed by atoms with Crippen LogP contribution in [0.3, 0.4) is 0 Å². The number of halogens is 1. The minimum absolute atomic E-state index is 0.0516. The van der Waals surface area contributed by atoms with E-state index in [4.69, 9.17) is 16.3 Å². The van der Waals surface area contributed by atoms with Crippen LogP contribution in [0.15, 0.2) is 18.2 Å². The molecule has 1 saturated heterocycles. The first kappa shape index (κ1) is 14.3. The van der Waals surface area contributed by atoms with Gasteiger partial charge in [-0.2, -0.15) is 0 Å². The van der Waals surface area contributed by atoms with Crippen molar-refractivity contribution >= 4 is 23.2 Å². The third-order valence-corrected chi connectivity index (χ3v) is 3.45. The summed E-state index contributed by atoms with van der Waals surface area (Å²) >= 11 is 5.91. The van der Waals surface area contributed by atoms with Crippen molar-refractivity contribution in [3.8, 4) is 0 Å². The Labute approximate surface area is 118 Å². The van der Waals surface area contributed by atoms with Gasteiger partial charge in [0.1, 0.15) is 0 Å². The second-order valence-corrected chi connectivity index (χ2v) is 5.30. The van der Waals surface area contributed by atoms with Crippen LogP contribution in [0, 0.1) is 12.8 Å². The minimum atomic E-state index is -0.0516. The topological polar surface area (TPSA) is 50.4 Å². The summed E-state index contributed by atoms with van der Waals surface area (Å²) < 4.78 is 5.28. The van der Waals surface area contributed by atoms with Crippen LogP contribution < -0.4 is 10.6 Å². The van der Waals surface area contributed by atoms with Crippen molar-refractivity contribution in [2.24, 2.45) is 5.92 Å². The Morgan fingerprint density at radius 1 is 1.53 bits per heavy atom. The molecule has 0 saturated carbocycles. The number of hydrogen-bond acceptors (Lipinski definition) is 3. The fraction of sp³-hybridized carbons (Fsp3) is 0.500. The average Bonchev–Trinajstić information content (AvgIpc) is 2.87. The van der Waals surface area contributed by atoms with Crippen molar-refractivity contribution in [1.82, 2.24) is 5.32 Å². The van der Waals surface area contributed by atoms with Gasteiger partial charge >= 0.3 is 0 Å². The molecular formula is C14H19ClN2O2. The summed E-state index contributed by atoms with van der Waals surface area (Å²) in [6, 6.07) is 5.46. The van der Waals surface area contributed by atoms with Gasteiger partial charge in [0.2, 0.25) is 5.91 Å². The minimum Gasteiger partial charge on any atom is -0.381 e. The Bertz CT molecular complexity index is 445. The molecule has 1 aliphatic rings. The first-order chi connectivity index (χ1) is 9.15. The second kappa shape index (κ2) is 6.89. The zero-order valence-electron chi connectivity index (χ0n) is 11.0. The van der Waals surface area contributed by atoms with Gasteiger partial charge in [0, 0.05) is 23.9 Å². The van der Waals surface area contributed by atoms with E-state index in [9.17, 15) is 4.79 Å². The molecule has 19 heavy (non-hydrogen) atoms. The van der Waals surface area contributed by atoms with Crippen molar-refractivity contribution in [1.29, 1.82) is 0 Å². The molecule has 0 bridgehead atoms. The van der Waals surface area contributed by atoms with Crippen LogP contribution in [-0.4, -0.2) is 32.2 Å². The van der Waals surface area contributed by atoms with Gasteiger partial charge in [0.05, 0.1) is 13.2 Å². The zero-order valence-corrected chi connectivity index (χ0v) is 11.8. The van der Waals surface area contributed by atoms with Crippen LogP contribution in [0.25, 0.3) is 0 Å². The number of rotatable bonds is 5. The van der Waals surface area contributed by atoms with Crippen LogP contribution in [0.2, 0.25) is 5.02 Å². The number of amides is 1. The summed E-state index contributed by atoms with van der Waals surface area (Å²) in [6.07, 6.45) is 1.07. The van der Waals surface area contributed by atoms with E-state index in [0.29, 0.717) is 17.5 Å². The number of anilines is 1. The molecule has 1 heterocycles. The smallest absolute Gasteiger partial charge is 0.238 e. The Morgan fingerprint density at radius 3 is 3.11 bits per heavy atom. The summed E-state index contributed by atoms with van der Waals surface area (Å²) in [6.45, 7) is 4.70. The Balaban J connectivity index is 1.75. The molecule has 4 nitrogen and oxygen atoms in total. The molecule has 1 aromatic rings. The first-order valence-corrected chi connectivity index (χ1v) is 6.87. The Hall–Kier alpha value is -1.10. The van der Waals surface area contributed by atoms with E-state index in [0.717, 1.165) is 37.4 Å². The highest BCUT2D eigenvalue weighted by atomic mass is 35.5. The summed E-state index contributed by atoms with van der Waals surface area (Å²) in [5.41, 5.74) is 1.77. The number of hydrogen-bond donors (Lipinski definition) is 2. The maximum atomic E-state index is 11.8. The van der Waals surface area contributed by atoms with Gasteiger partial charge in [-0.1, -0.05) is 17.7 Å². The zero-order chi connectivity index (χ0) is 13.7. The highest BCUT2D eigenvalue weighted by molar-refractivity contribution is 6.31. The second-order valence-electron chi connectivity index (χ2n) is 4.87. The van der Waals surface area contributed by atoms with Crippen LogP contribution in [-0.2, 0) is 9.53 Å². The molecule has 1 atom stereocenters. The van der Waals surface area contributed by atoms with Gasteiger partial charge in [0.25, 0.3) is 0 Å². The Morgan fingerprint density at radius 2 is 2.37 bits per heavy atom. The number of nitrogens with one attached hydrogen (secondary N) is 2.